The molecule has 0 amide bonds. The average Bonchev–Trinajstić information content (AvgIpc) is 3.32. The molecule has 1 aliphatic heterocycles. The largest absolute Gasteiger partial charge is 0.506 e. The van der Waals surface area contributed by atoms with Crippen molar-refractivity contribution in [3.05, 3.63) is 54.2 Å². The molecule has 2 aliphatic rings. The highest BCUT2D eigenvalue weighted by Crippen LogP contribution is 2.40. The van der Waals surface area contributed by atoms with Crippen LogP contribution >= 0.6 is 0 Å². The van der Waals surface area contributed by atoms with E-state index in [1.54, 1.807) is 11.2 Å². The van der Waals surface area contributed by atoms with E-state index in [0.29, 0.717) is 6.54 Å². The molecule has 1 saturated carbocycles. The summed E-state index contributed by atoms with van der Waals surface area (Å²) in [6.07, 6.45) is 9.83. The third kappa shape index (κ3) is 3.71. The lowest BCUT2D eigenvalue weighted by Gasteiger charge is -2.36. The van der Waals surface area contributed by atoms with Crippen LogP contribution in [0.1, 0.15) is 52.0 Å². The van der Waals surface area contributed by atoms with Gasteiger partial charge in [0.1, 0.15) is 17.1 Å². The quantitative estimate of drug-likeness (QED) is 0.804. The highest BCUT2D eigenvalue weighted by molar-refractivity contribution is 6.46. The van der Waals surface area contributed by atoms with Crippen LogP contribution in [-0.2, 0) is 10.3 Å². The molecular formula is C23H30N4O2. The van der Waals surface area contributed by atoms with E-state index in [-0.39, 0.29) is 28.4 Å². The van der Waals surface area contributed by atoms with Gasteiger partial charge in [-0.2, -0.15) is 5.10 Å². The molecule has 154 valence electrons. The first-order chi connectivity index (χ1) is 13.9. The van der Waals surface area contributed by atoms with Gasteiger partial charge in [0.05, 0.1) is 18.3 Å². The fourth-order valence-electron chi connectivity index (χ4n) is 4.31. The van der Waals surface area contributed by atoms with Crippen LogP contribution in [0.5, 0.6) is 0 Å². The average molecular weight is 395 g/mol. The standard InChI is InChI=1S/C21H24N4O2.C2H6/c1-14-11-25(20-17(14)7-6-10-22-20)21(8-4-5-9-21)13-24-12-18(27)15(2)19(23-24)16(3)26;1-2/h6-7,10-12,27H,2,4-5,8-9,13H2,1,3H3;1-2H3. The number of allylic oxidation sites excluding steroid dienone is 1. The molecule has 0 spiro atoms. The van der Waals surface area contributed by atoms with Crippen molar-refractivity contribution in [2.24, 2.45) is 5.10 Å². The van der Waals surface area contributed by atoms with Gasteiger partial charge in [0, 0.05) is 30.3 Å². The van der Waals surface area contributed by atoms with Gasteiger partial charge in [0.15, 0.2) is 5.78 Å². The third-order valence-corrected chi connectivity index (χ3v) is 5.69. The Hall–Kier alpha value is -2.89. The molecule has 0 radical (unpaired) electrons. The van der Waals surface area contributed by atoms with Crippen LogP contribution in [0.2, 0.25) is 0 Å². The van der Waals surface area contributed by atoms with Gasteiger partial charge in [-0.05, 0) is 37.5 Å². The van der Waals surface area contributed by atoms with Gasteiger partial charge in [0.25, 0.3) is 0 Å². The molecule has 1 fully saturated rings. The number of aliphatic hydroxyl groups excluding tert-OH is 1. The molecule has 6 heteroatoms. The molecule has 1 N–H and O–H groups in total. The molecule has 0 aromatic carbocycles. The Bertz CT molecular complexity index is 993. The fraction of sp³-hybridized carbons (Fsp3) is 0.435. The molecule has 6 nitrogen and oxygen atoms in total. The van der Waals surface area contributed by atoms with E-state index in [0.717, 1.165) is 36.7 Å². The molecule has 0 unspecified atom stereocenters. The van der Waals surface area contributed by atoms with Crippen molar-refractivity contribution in [3.63, 3.8) is 0 Å². The van der Waals surface area contributed by atoms with Gasteiger partial charge >= 0.3 is 0 Å². The molecule has 2 aromatic heterocycles. The van der Waals surface area contributed by atoms with E-state index in [2.05, 4.69) is 40.4 Å². The van der Waals surface area contributed by atoms with E-state index in [9.17, 15) is 9.90 Å². The number of aliphatic hydroxyl groups is 1. The highest BCUT2D eigenvalue weighted by Gasteiger charge is 2.39. The molecule has 0 bridgehead atoms. The maximum Gasteiger partial charge on any atom is 0.180 e. The number of aryl methyl sites for hydroxylation is 1. The lowest BCUT2D eigenvalue weighted by Crippen LogP contribution is -2.41. The van der Waals surface area contributed by atoms with Gasteiger partial charge in [-0.3, -0.25) is 9.80 Å². The zero-order valence-electron chi connectivity index (χ0n) is 17.8. The summed E-state index contributed by atoms with van der Waals surface area (Å²) in [4.78, 5) is 16.5. The molecule has 2 aromatic rings. The molecular weight excluding hydrogens is 364 g/mol. The van der Waals surface area contributed by atoms with Crippen LogP contribution in [-0.4, -0.2) is 37.7 Å². The maximum absolute atomic E-state index is 11.9. The summed E-state index contributed by atoms with van der Waals surface area (Å²) in [6, 6.07) is 4.06. The van der Waals surface area contributed by atoms with Crippen molar-refractivity contribution in [1.82, 2.24) is 14.6 Å². The van der Waals surface area contributed by atoms with Gasteiger partial charge in [-0.15, -0.1) is 0 Å². The summed E-state index contributed by atoms with van der Waals surface area (Å²) >= 11 is 0. The van der Waals surface area contributed by atoms with E-state index >= 15 is 0 Å². The Morgan fingerprint density at radius 1 is 1.31 bits per heavy atom. The van der Waals surface area contributed by atoms with E-state index in [1.807, 2.05) is 26.1 Å². The molecule has 0 atom stereocenters. The topological polar surface area (TPSA) is 70.7 Å². The molecule has 4 rings (SSSR count). The first-order valence-corrected chi connectivity index (χ1v) is 10.3. The lowest BCUT2D eigenvalue weighted by molar-refractivity contribution is -0.111. The van der Waals surface area contributed by atoms with Crippen molar-refractivity contribution in [3.8, 4) is 0 Å². The number of rotatable bonds is 4. The van der Waals surface area contributed by atoms with Crippen LogP contribution in [0.25, 0.3) is 11.0 Å². The molecule has 0 saturated heterocycles. The van der Waals surface area contributed by atoms with Crippen molar-refractivity contribution < 1.29 is 9.90 Å². The molecule has 1 aliphatic carbocycles. The fourth-order valence-corrected chi connectivity index (χ4v) is 4.31. The summed E-state index contributed by atoms with van der Waals surface area (Å²) in [6.45, 7) is 11.9. The van der Waals surface area contributed by atoms with Crippen molar-refractivity contribution in [2.75, 3.05) is 6.54 Å². The van der Waals surface area contributed by atoms with E-state index in [1.165, 1.54) is 12.5 Å². The lowest BCUT2D eigenvalue weighted by atomic mass is 9.96. The van der Waals surface area contributed by atoms with Crippen LogP contribution in [0.15, 0.2) is 53.7 Å². The second-order valence-electron chi connectivity index (χ2n) is 7.58. The number of carbonyl (C=O) groups is 1. The number of fused-ring (bicyclic) bond motifs is 1. The Morgan fingerprint density at radius 2 is 2.00 bits per heavy atom. The normalized spacial score (nSPS) is 18.2. The summed E-state index contributed by atoms with van der Waals surface area (Å²) in [5.41, 5.74) is 2.49. The number of aromatic nitrogens is 2. The van der Waals surface area contributed by atoms with Crippen molar-refractivity contribution in [2.45, 2.75) is 58.9 Å². The Kier molecular flexibility index (Phi) is 5.91. The van der Waals surface area contributed by atoms with Crippen molar-refractivity contribution in [1.29, 1.82) is 0 Å². The molecule has 29 heavy (non-hydrogen) atoms. The number of carbonyl (C=O) groups excluding carboxylic acids is 1. The Morgan fingerprint density at radius 3 is 2.66 bits per heavy atom. The Labute approximate surface area is 172 Å². The van der Waals surface area contributed by atoms with E-state index < -0.39 is 0 Å². The minimum absolute atomic E-state index is 0.00461. The minimum atomic E-state index is -0.200. The van der Waals surface area contributed by atoms with Gasteiger partial charge < -0.3 is 9.67 Å². The third-order valence-electron chi connectivity index (χ3n) is 5.69. The second-order valence-corrected chi connectivity index (χ2v) is 7.58. The number of hydrogen-bond acceptors (Lipinski definition) is 5. The van der Waals surface area contributed by atoms with Crippen LogP contribution < -0.4 is 0 Å². The van der Waals surface area contributed by atoms with Gasteiger partial charge in [0.2, 0.25) is 0 Å². The number of hydrogen-bond donors (Lipinski definition) is 1. The predicted molar refractivity (Wildman–Crippen MR) is 117 cm³/mol. The SMILES string of the molecule is C=C1C(O)=CN(CC2(n3cc(C)c4cccnc43)CCCC2)N=C1C(C)=O.CC. The number of hydrazone groups is 1. The summed E-state index contributed by atoms with van der Waals surface area (Å²) in [5.74, 6) is -0.205. The number of ketones is 1. The summed E-state index contributed by atoms with van der Waals surface area (Å²) in [5, 5.41) is 17.5. The first kappa shape index (κ1) is 20.8. The zero-order valence-corrected chi connectivity index (χ0v) is 17.8. The summed E-state index contributed by atoms with van der Waals surface area (Å²) in [7, 11) is 0. The van der Waals surface area contributed by atoms with Crippen LogP contribution in [0, 0.1) is 6.92 Å². The van der Waals surface area contributed by atoms with Crippen LogP contribution in [0.4, 0.5) is 0 Å². The Balaban J connectivity index is 0.00000117. The predicted octanol–water partition coefficient (Wildman–Crippen LogP) is 4.86. The smallest absolute Gasteiger partial charge is 0.180 e. The first-order valence-electron chi connectivity index (χ1n) is 10.3. The van der Waals surface area contributed by atoms with Gasteiger partial charge in [-0.25, -0.2) is 4.98 Å². The van der Waals surface area contributed by atoms with Crippen LogP contribution in [0.3, 0.4) is 0 Å². The zero-order chi connectivity index (χ0) is 21.2. The van der Waals surface area contributed by atoms with Crippen molar-refractivity contribution >= 4 is 22.5 Å². The van der Waals surface area contributed by atoms with E-state index in [4.69, 9.17) is 0 Å². The maximum atomic E-state index is 11.9. The number of nitrogens with zero attached hydrogens (tertiary/aromatic N) is 4. The number of pyridine rings is 1. The summed E-state index contributed by atoms with van der Waals surface area (Å²) < 4.78 is 2.28. The minimum Gasteiger partial charge on any atom is -0.506 e. The molecule has 3 heterocycles. The highest BCUT2D eigenvalue weighted by atomic mass is 16.3. The monoisotopic (exact) mass is 394 g/mol. The number of Topliss-reactive ketones (excluding diaryl/α,β-unsaturated/α-hetero) is 1. The van der Waals surface area contributed by atoms with Gasteiger partial charge in [-0.1, -0.05) is 33.3 Å². The second kappa shape index (κ2) is 8.23.